The van der Waals surface area contributed by atoms with Crippen LogP contribution in [0.1, 0.15) is 22.0 Å². The Morgan fingerprint density at radius 2 is 1.96 bits per heavy atom. The van der Waals surface area contributed by atoms with E-state index in [1.165, 1.54) is 35.6 Å². The summed E-state index contributed by atoms with van der Waals surface area (Å²) >= 11 is 0. The van der Waals surface area contributed by atoms with Crippen molar-refractivity contribution in [3.05, 3.63) is 78.0 Å². The molecular weight excluding hydrogens is 297 g/mol. The molecule has 0 bridgehead atoms. The van der Waals surface area contributed by atoms with E-state index in [1.54, 1.807) is 18.2 Å². The number of carbonyl (C=O) groups excluding carboxylic acids is 1. The Hall–Kier alpha value is -3.02. The molecule has 116 valence electrons. The summed E-state index contributed by atoms with van der Waals surface area (Å²) in [6, 6.07) is 9.32. The average molecular weight is 311 g/mol. The van der Waals surface area contributed by atoms with Crippen LogP contribution in [0.25, 0.3) is 0 Å². The monoisotopic (exact) mass is 311 g/mol. The van der Waals surface area contributed by atoms with E-state index in [0.29, 0.717) is 11.4 Å². The number of aromatic nitrogens is 2. The Labute approximate surface area is 132 Å². The number of hydrogen-bond donors (Lipinski definition) is 0. The summed E-state index contributed by atoms with van der Waals surface area (Å²) in [6.07, 6.45) is 4.34. The van der Waals surface area contributed by atoms with Crippen LogP contribution < -0.4 is 4.90 Å². The zero-order chi connectivity index (χ0) is 16.2. The zero-order valence-corrected chi connectivity index (χ0v) is 12.4. The van der Waals surface area contributed by atoms with Crippen LogP contribution in [0.15, 0.2) is 59.4 Å². The highest BCUT2D eigenvalue weighted by molar-refractivity contribution is 6.04. The molecule has 2 heterocycles. The van der Waals surface area contributed by atoms with Crippen molar-refractivity contribution in [2.75, 3.05) is 4.90 Å². The fourth-order valence-corrected chi connectivity index (χ4v) is 2.18. The van der Waals surface area contributed by atoms with E-state index in [-0.39, 0.29) is 24.0 Å². The molecule has 2 aromatic heterocycles. The molecule has 0 atom stereocenters. The molecule has 0 radical (unpaired) electrons. The lowest BCUT2D eigenvalue weighted by Gasteiger charge is -2.21. The summed E-state index contributed by atoms with van der Waals surface area (Å²) in [7, 11) is 0. The van der Waals surface area contributed by atoms with E-state index >= 15 is 0 Å². The van der Waals surface area contributed by atoms with Gasteiger partial charge in [-0.1, -0.05) is 0 Å². The second-order valence-electron chi connectivity index (χ2n) is 4.97. The molecule has 3 rings (SSSR count). The van der Waals surface area contributed by atoms with E-state index < -0.39 is 0 Å². The van der Waals surface area contributed by atoms with Gasteiger partial charge in [-0.15, -0.1) is 0 Å². The molecule has 0 unspecified atom stereocenters. The number of furan rings is 1. The maximum atomic E-state index is 13.2. The van der Waals surface area contributed by atoms with Gasteiger partial charge in [0.25, 0.3) is 5.91 Å². The van der Waals surface area contributed by atoms with Crippen LogP contribution in [0.3, 0.4) is 0 Å². The van der Waals surface area contributed by atoms with Crippen LogP contribution in [-0.4, -0.2) is 15.9 Å². The number of aryl methyl sites for hydroxylation is 1. The largest absolute Gasteiger partial charge is 0.464 e. The van der Waals surface area contributed by atoms with Crippen molar-refractivity contribution in [2.24, 2.45) is 0 Å². The van der Waals surface area contributed by atoms with Crippen LogP contribution >= 0.6 is 0 Å². The second-order valence-corrected chi connectivity index (χ2v) is 4.97. The highest BCUT2D eigenvalue weighted by Gasteiger charge is 2.20. The number of anilines is 1. The molecule has 0 aliphatic rings. The van der Waals surface area contributed by atoms with E-state index in [4.69, 9.17) is 4.42 Å². The fourth-order valence-electron chi connectivity index (χ4n) is 2.18. The van der Waals surface area contributed by atoms with Gasteiger partial charge in [0.15, 0.2) is 0 Å². The van der Waals surface area contributed by atoms with Crippen LogP contribution in [0.4, 0.5) is 10.1 Å². The van der Waals surface area contributed by atoms with Crippen molar-refractivity contribution in [3.63, 3.8) is 0 Å². The highest BCUT2D eigenvalue weighted by Crippen LogP contribution is 2.21. The van der Waals surface area contributed by atoms with Crippen LogP contribution in [-0.2, 0) is 6.54 Å². The summed E-state index contributed by atoms with van der Waals surface area (Å²) in [4.78, 5) is 22.1. The Morgan fingerprint density at radius 3 is 2.57 bits per heavy atom. The molecule has 0 fully saturated rings. The first-order valence-corrected chi connectivity index (χ1v) is 7.02. The van der Waals surface area contributed by atoms with E-state index in [1.807, 2.05) is 13.0 Å². The molecule has 0 saturated carbocycles. The Kier molecular flexibility index (Phi) is 4.14. The Bertz CT molecular complexity index is 800. The molecule has 3 aromatic rings. The summed E-state index contributed by atoms with van der Waals surface area (Å²) in [6.45, 7) is 2.05. The topological polar surface area (TPSA) is 59.2 Å². The smallest absolute Gasteiger partial charge is 0.278 e. The number of hydrogen-bond acceptors (Lipinski definition) is 4. The maximum absolute atomic E-state index is 13.2. The minimum atomic E-state index is -0.366. The van der Waals surface area contributed by atoms with E-state index in [0.717, 1.165) is 5.76 Å². The van der Waals surface area contributed by atoms with Gasteiger partial charge < -0.3 is 4.42 Å². The number of carbonyl (C=O) groups is 1. The SMILES string of the molecule is Cc1ccc(CN(C(=O)c2cnccn2)c2ccc(F)cc2)o1. The minimum absolute atomic E-state index is 0.208. The molecule has 5 nitrogen and oxygen atoms in total. The van der Waals surface area contributed by atoms with Gasteiger partial charge >= 0.3 is 0 Å². The zero-order valence-electron chi connectivity index (χ0n) is 12.4. The van der Waals surface area contributed by atoms with Crippen molar-refractivity contribution >= 4 is 11.6 Å². The molecule has 0 saturated heterocycles. The summed E-state index contributed by atoms with van der Waals surface area (Å²) < 4.78 is 18.7. The Balaban J connectivity index is 1.95. The number of rotatable bonds is 4. The first-order valence-electron chi connectivity index (χ1n) is 7.02. The summed E-state index contributed by atoms with van der Waals surface area (Å²) in [5.41, 5.74) is 0.760. The summed E-state index contributed by atoms with van der Waals surface area (Å²) in [5.74, 6) is 0.684. The number of halogens is 1. The Morgan fingerprint density at radius 1 is 1.17 bits per heavy atom. The molecule has 0 N–H and O–H groups in total. The van der Waals surface area contributed by atoms with Crippen LogP contribution in [0.5, 0.6) is 0 Å². The summed E-state index contributed by atoms with van der Waals surface area (Å²) in [5, 5.41) is 0. The molecule has 1 aromatic carbocycles. The maximum Gasteiger partial charge on any atom is 0.278 e. The third-order valence-electron chi connectivity index (χ3n) is 3.28. The van der Waals surface area contributed by atoms with Crippen molar-refractivity contribution in [3.8, 4) is 0 Å². The third kappa shape index (κ3) is 3.42. The quantitative estimate of drug-likeness (QED) is 0.741. The van der Waals surface area contributed by atoms with Gasteiger partial charge in [-0.2, -0.15) is 0 Å². The second kappa shape index (κ2) is 6.39. The molecular formula is C17H14FN3O2. The standard InChI is InChI=1S/C17H14FN3O2/c1-12-2-7-15(23-12)11-21(14-5-3-13(18)4-6-14)17(22)16-10-19-8-9-20-16/h2-10H,11H2,1H3. The van der Waals surface area contributed by atoms with E-state index in [9.17, 15) is 9.18 Å². The van der Waals surface area contributed by atoms with Crippen LogP contribution in [0.2, 0.25) is 0 Å². The normalized spacial score (nSPS) is 10.5. The van der Waals surface area contributed by atoms with Crippen LogP contribution in [0, 0.1) is 12.7 Å². The van der Waals surface area contributed by atoms with Gasteiger partial charge in [0.05, 0.1) is 12.7 Å². The van der Waals surface area contributed by atoms with Gasteiger partial charge in [0.1, 0.15) is 23.0 Å². The third-order valence-corrected chi connectivity index (χ3v) is 3.28. The molecule has 23 heavy (non-hydrogen) atoms. The lowest BCUT2D eigenvalue weighted by Crippen LogP contribution is -2.31. The molecule has 0 aliphatic carbocycles. The van der Waals surface area contributed by atoms with Gasteiger partial charge in [0, 0.05) is 18.1 Å². The lowest BCUT2D eigenvalue weighted by molar-refractivity contribution is 0.0978. The molecule has 0 spiro atoms. The highest BCUT2D eigenvalue weighted by atomic mass is 19.1. The number of amides is 1. The molecule has 1 amide bonds. The van der Waals surface area contributed by atoms with Gasteiger partial charge in [-0.05, 0) is 43.3 Å². The molecule has 6 heteroatoms. The van der Waals surface area contributed by atoms with Gasteiger partial charge in [-0.25, -0.2) is 9.37 Å². The fraction of sp³-hybridized carbons (Fsp3) is 0.118. The van der Waals surface area contributed by atoms with E-state index in [2.05, 4.69) is 9.97 Å². The lowest BCUT2D eigenvalue weighted by atomic mass is 10.2. The average Bonchev–Trinajstić information content (AvgIpc) is 2.99. The van der Waals surface area contributed by atoms with Crippen molar-refractivity contribution in [1.82, 2.24) is 9.97 Å². The molecule has 0 aliphatic heterocycles. The number of benzene rings is 1. The van der Waals surface area contributed by atoms with Crippen molar-refractivity contribution < 1.29 is 13.6 Å². The number of nitrogens with zero attached hydrogens (tertiary/aromatic N) is 3. The predicted octanol–water partition coefficient (Wildman–Crippen LogP) is 3.36. The van der Waals surface area contributed by atoms with Gasteiger partial charge in [0.2, 0.25) is 0 Å². The van der Waals surface area contributed by atoms with Gasteiger partial charge in [-0.3, -0.25) is 14.7 Å². The van der Waals surface area contributed by atoms with Crippen molar-refractivity contribution in [1.29, 1.82) is 0 Å². The first-order chi connectivity index (χ1) is 11.1. The minimum Gasteiger partial charge on any atom is -0.464 e. The van der Waals surface area contributed by atoms with Crippen molar-refractivity contribution in [2.45, 2.75) is 13.5 Å². The predicted molar refractivity (Wildman–Crippen MR) is 82.4 cm³/mol. The first kappa shape index (κ1) is 14.9.